The van der Waals surface area contributed by atoms with E-state index in [0.717, 1.165) is 74.9 Å². The normalized spacial score (nSPS) is 17.3. The fraction of sp³-hybridized carbons (Fsp3) is 0.0968. The monoisotopic (exact) mass is 877 g/mol. The Bertz CT molecular complexity index is 4070. The maximum atomic E-state index is 6.72. The van der Waals surface area contributed by atoms with Gasteiger partial charge in [-0.25, -0.2) is 9.98 Å². The van der Waals surface area contributed by atoms with Crippen LogP contribution in [0.4, 0.5) is 0 Å². The second-order valence-corrected chi connectivity index (χ2v) is 19.4. The molecule has 0 saturated carbocycles. The third-order valence-corrected chi connectivity index (χ3v) is 15.6. The highest BCUT2D eigenvalue weighted by Gasteiger charge is 2.31. The van der Waals surface area contributed by atoms with Crippen molar-refractivity contribution < 1.29 is 4.42 Å². The van der Waals surface area contributed by atoms with Crippen LogP contribution >= 0.6 is 11.3 Å². The number of furan rings is 1. The smallest absolute Gasteiger partial charge is 0.161 e. The summed E-state index contributed by atoms with van der Waals surface area (Å²) in [5.41, 5.74) is 13.8. The van der Waals surface area contributed by atoms with Crippen LogP contribution in [0, 0.1) is 5.92 Å². The van der Waals surface area contributed by atoms with Crippen LogP contribution in [0.1, 0.15) is 53.5 Å². The van der Waals surface area contributed by atoms with Gasteiger partial charge in [-0.3, -0.25) is 4.57 Å². The van der Waals surface area contributed by atoms with E-state index in [4.69, 9.17) is 14.4 Å². The number of aryl methyl sites for hydroxylation is 1. The lowest BCUT2D eigenvalue weighted by Crippen LogP contribution is -2.23. The van der Waals surface area contributed by atoms with Gasteiger partial charge in [0.1, 0.15) is 17.0 Å². The molecule has 12 aromatic rings. The lowest BCUT2D eigenvalue weighted by Gasteiger charge is -2.24. The Morgan fingerprint density at radius 1 is 0.552 bits per heavy atom. The summed E-state index contributed by atoms with van der Waals surface area (Å²) in [6.07, 6.45) is 5.02. The number of amidine groups is 1. The Kier molecular flexibility index (Phi) is 8.65. The van der Waals surface area contributed by atoms with Crippen molar-refractivity contribution in [2.75, 3.05) is 0 Å². The quantitative estimate of drug-likeness (QED) is 0.174. The second kappa shape index (κ2) is 15.1. The van der Waals surface area contributed by atoms with Crippen LogP contribution in [0.15, 0.2) is 209 Å². The molecule has 1 aliphatic carbocycles. The SMILES string of the molecule is CC1C/C=C(\c2ccc3oc4ccccc4c3c2C2CCc3cc4ccccc4cc3-c3ccccc32)N=C(c2ccc3c(c2)sc2ccccc23)N=C1n1c2ccccc2c2ccccc21. The number of benzene rings is 9. The van der Waals surface area contributed by atoms with Crippen LogP contribution in [0.3, 0.4) is 0 Å². The molecule has 5 heteroatoms. The topological polar surface area (TPSA) is 42.8 Å². The molecule has 0 amide bonds. The lowest BCUT2D eigenvalue weighted by atomic mass is 9.80. The first-order chi connectivity index (χ1) is 33.1. The first-order valence-electron chi connectivity index (χ1n) is 23.5. The molecular weight excluding hydrogens is 835 g/mol. The predicted molar refractivity (Wildman–Crippen MR) is 283 cm³/mol. The number of hydrogen-bond acceptors (Lipinski definition) is 4. The average molecular weight is 878 g/mol. The summed E-state index contributed by atoms with van der Waals surface area (Å²) < 4.78 is 11.6. The van der Waals surface area contributed by atoms with Crippen LogP contribution in [-0.4, -0.2) is 16.2 Å². The van der Waals surface area contributed by atoms with Crippen molar-refractivity contribution >= 4 is 103 Å². The molecular formula is C62H43N3OS. The molecule has 14 rings (SSSR count). The van der Waals surface area contributed by atoms with Crippen LogP contribution < -0.4 is 0 Å². The minimum Gasteiger partial charge on any atom is -0.456 e. The Hall–Kier alpha value is -7.86. The van der Waals surface area contributed by atoms with Crippen molar-refractivity contribution in [1.29, 1.82) is 0 Å². The van der Waals surface area contributed by atoms with Gasteiger partial charge in [-0.1, -0.05) is 153 Å². The molecule has 2 unspecified atom stereocenters. The minimum atomic E-state index is 0.0527. The van der Waals surface area contributed by atoms with Gasteiger partial charge in [-0.2, -0.15) is 0 Å². The van der Waals surface area contributed by atoms with E-state index < -0.39 is 0 Å². The number of aromatic nitrogens is 1. The fourth-order valence-corrected chi connectivity index (χ4v) is 12.5. The molecule has 0 fully saturated rings. The lowest BCUT2D eigenvalue weighted by molar-refractivity contribution is 0.667. The largest absolute Gasteiger partial charge is 0.456 e. The molecule has 318 valence electrons. The van der Waals surface area contributed by atoms with Crippen molar-refractivity contribution in [1.82, 2.24) is 4.57 Å². The standard InChI is InChI=1S/C62H43N3OS/c1-37-26-32-52(63-61(41-28-29-47-46-20-9-13-25-57(46)67-58(47)36-41)64-62(37)65-53-22-10-6-18-44(53)45-19-7-11-23-54(45)65)49-31-33-56-60(50-21-8-12-24-55(50)66-56)59(49)48-30-27-40-34-38-14-2-3-15-39(38)35-51(40)43-17-5-4-16-42(43)48/h2-25,28-29,31-37,48H,26-27,30H2,1H3/b52-32+,63-61?,64-62?. The van der Waals surface area contributed by atoms with Crippen LogP contribution in [0.5, 0.6) is 0 Å². The number of allylic oxidation sites excluding steroid dienone is 1. The third-order valence-electron chi connectivity index (χ3n) is 14.5. The summed E-state index contributed by atoms with van der Waals surface area (Å²) in [6.45, 7) is 2.32. The van der Waals surface area contributed by atoms with E-state index in [1.54, 1.807) is 0 Å². The van der Waals surface area contributed by atoms with Crippen LogP contribution in [0.2, 0.25) is 0 Å². The number of rotatable bonds is 3. The van der Waals surface area contributed by atoms with Gasteiger partial charge in [-0.05, 0) is 106 Å². The predicted octanol–water partition coefficient (Wildman–Crippen LogP) is 16.7. The molecule has 1 aliphatic heterocycles. The molecule has 4 nitrogen and oxygen atoms in total. The van der Waals surface area contributed by atoms with Gasteiger partial charge in [0.05, 0.1) is 16.7 Å². The third kappa shape index (κ3) is 6.04. The van der Waals surface area contributed by atoms with Crippen LogP contribution in [-0.2, 0) is 6.42 Å². The van der Waals surface area contributed by atoms with Crippen LogP contribution in [0.25, 0.3) is 91.5 Å². The molecule has 0 spiro atoms. The highest BCUT2D eigenvalue weighted by Crippen LogP contribution is 2.49. The van der Waals surface area contributed by atoms with Gasteiger partial charge in [0.2, 0.25) is 0 Å². The van der Waals surface area contributed by atoms with Crippen molar-refractivity contribution in [3.63, 3.8) is 0 Å². The highest BCUT2D eigenvalue weighted by molar-refractivity contribution is 7.25. The van der Waals surface area contributed by atoms with E-state index >= 15 is 0 Å². The van der Waals surface area contributed by atoms with Crippen molar-refractivity contribution in [3.05, 3.63) is 222 Å². The van der Waals surface area contributed by atoms with E-state index in [1.165, 1.54) is 69.5 Å². The summed E-state index contributed by atoms with van der Waals surface area (Å²) in [5.74, 6) is 1.80. The van der Waals surface area contributed by atoms with Gasteiger partial charge in [0.15, 0.2) is 5.84 Å². The molecule has 9 aromatic carbocycles. The van der Waals surface area contributed by atoms with Crippen molar-refractivity contribution in [3.8, 4) is 11.1 Å². The van der Waals surface area contributed by atoms with Gasteiger partial charge < -0.3 is 4.42 Å². The van der Waals surface area contributed by atoms with Gasteiger partial charge in [-0.15, -0.1) is 11.3 Å². The Labute approximate surface area is 391 Å². The molecule has 4 heterocycles. The summed E-state index contributed by atoms with van der Waals surface area (Å²) in [4.78, 5) is 11.6. The highest BCUT2D eigenvalue weighted by atomic mass is 32.1. The number of aliphatic imine (C=N–C) groups is 2. The van der Waals surface area contributed by atoms with E-state index in [2.05, 4.69) is 206 Å². The number of hydrogen-bond donors (Lipinski definition) is 0. The maximum absolute atomic E-state index is 6.72. The zero-order valence-corrected chi connectivity index (χ0v) is 37.7. The number of fused-ring (bicyclic) bond motifs is 13. The van der Waals surface area contributed by atoms with E-state index in [9.17, 15) is 0 Å². The average Bonchev–Trinajstić information content (AvgIpc) is 4.01. The van der Waals surface area contributed by atoms with E-state index in [1.807, 2.05) is 11.3 Å². The van der Waals surface area contributed by atoms with Gasteiger partial charge in [0.25, 0.3) is 0 Å². The summed E-state index contributed by atoms with van der Waals surface area (Å²) in [7, 11) is 0. The molecule has 0 bridgehead atoms. The summed E-state index contributed by atoms with van der Waals surface area (Å²) in [5, 5.41) is 9.83. The van der Waals surface area contributed by atoms with Gasteiger partial charge >= 0.3 is 0 Å². The molecule has 0 saturated heterocycles. The summed E-state index contributed by atoms with van der Waals surface area (Å²) in [6, 6.07) is 68.7. The zero-order valence-electron chi connectivity index (χ0n) is 36.9. The Morgan fingerprint density at radius 2 is 1.24 bits per heavy atom. The van der Waals surface area contributed by atoms with Crippen molar-refractivity contribution in [2.24, 2.45) is 15.9 Å². The summed E-state index contributed by atoms with van der Waals surface area (Å²) >= 11 is 1.83. The Balaban J connectivity index is 1.03. The van der Waals surface area contributed by atoms with E-state index in [-0.39, 0.29) is 11.8 Å². The maximum Gasteiger partial charge on any atom is 0.161 e. The molecule has 2 atom stereocenters. The van der Waals surface area contributed by atoms with E-state index in [0.29, 0.717) is 5.84 Å². The minimum absolute atomic E-state index is 0.0527. The Morgan fingerprint density at radius 3 is 2.07 bits per heavy atom. The molecule has 3 aromatic heterocycles. The zero-order chi connectivity index (χ0) is 44.2. The number of nitrogens with zero attached hydrogens (tertiary/aromatic N) is 3. The molecule has 0 N–H and O–H groups in total. The molecule has 2 aliphatic rings. The number of para-hydroxylation sites is 3. The second-order valence-electron chi connectivity index (χ2n) is 18.3. The van der Waals surface area contributed by atoms with Gasteiger partial charge in [0, 0.05) is 64.7 Å². The first-order valence-corrected chi connectivity index (χ1v) is 24.3. The first kappa shape index (κ1) is 38.4. The fourth-order valence-electron chi connectivity index (χ4n) is 11.4. The number of thiophene rings is 1. The molecule has 0 radical (unpaired) electrons. The van der Waals surface area contributed by atoms with Crippen molar-refractivity contribution in [2.45, 2.75) is 32.1 Å². The molecule has 67 heavy (non-hydrogen) atoms.